The summed E-state index contributed by atoms with van der Waals surface area (Å²) in [6.45, 7) is 6.59. The monoisotopic (exact) mass is 303 g/mol. The Balaban J connectivity index is 2.08. The molecule has 0 bridgehead atoms. The smallest absolute Gasteiger partial charge is 0.142 e. The molecule has 1 saturated carbocycles. The van der Waals surface area contributed by atoms with E-state index in [4.69, 9.17) is 23.2 Å². The van der Waals surface area contributed by atoms with E-state index in [1.54, 1.807) is 0 Å². The van der Waals surface area contributed by atoms with Crippen LogP contribution in [-0.2, 0) is 0 Å². The van der Waals surface area contributed by atoms with E-state index in [0.29, 0.717) is 16.5 Å². The van der Waals surface area contributed by atoms with Crippen LogP contribution < -0.4 is 5.32 Å². The Labute approximate surface area is 124 Å². The Morgan fingerprint density at radius 2 is 2.00 bits per heavy atom. The molecule has 0 spiro atoms. The van der Waals surface area contributed by atoms with Crippen molar-refractivity contribution < 1.29 is 4.39 Å². The second kappa shape index (κ2) is 5.59. The van der Waals surface area contributed by atoms with Gasteiger partial charge in [0.15, 0.2) is 0 Å². The lowest BCUT2D eigenvalue weighted by molar-refractivity contribution is 0.356. The first kappa shape index (κ1) is 15.1. The van der Waals surface area contributed by atoms with Crippen molar-refractivity contribution in [1.29, 1.82) is 0 Å². The van der Waals surface area contributed by atoms with Crippen LogP contribution >= 0.6 is 23.2 Å². The molecule has 0 saturated heterocycles. The van der Waals surface area contributed by atoms with Gasteiger partial charge in [-0.15, -0.1) is 0 Å². The fraction of sp³-hybridized carbons (Fsp3) is 0.600. The molecule has 4 heteroatoms. The highest BCUT2D eigenvalue weighted by Gasteiger charge is 2.31. The lowest BCUT2D eigenvalue weighted by Crippen LogP contribution is -2.30. The van der Waals surface area contributed by atoms with Gasteiger partial charge < -0.3 is 5.32 Å². The number of nitrogens with one attached hydrogen (secondary N) is 1. The molecule has 0 radical (unpaired) electrons. The molecular formula is C15H20Cl2FN. The van der Waals surface area contributed by atoms with Crippen molar-refractivity contribution in [1.82, 2.24) is 5.32 Å². The Morgan fingerprint density at radius 1 is 1.32 bits per heavy atom. The quantitative estimate of drug-likeness (QED) is 0.741. The summed E-state index contributed by atoms with van der Waals surface area (Å²) in [5.74, 6) is -0.415. The zero-order valence-corrected chi connectivity index (χ0v) is 13.1. The predicted molar refractivity (Wildman–Crippen MR) is 79.4 cm³/mol. The van der Waals surface area contributed by atoms with Gasteiger partial charge in [-0.25, -0.2) is 4.39 Å². The molecule has 1 aromatic carbocycles. The summed E-state index contributed by atoms with van der Waals surface area (Å²) in [7, 11) is 0. The minimum Gasteiger partial charge on any atom is -0.307 e. The fourth-order valence-corrected chi connectivity index (χ4v) is 3.44. The van der Waals surface area contributed by atoms with Crippen LogP contribution in [0.5, 0.6) is 0 Å². The van der Waals surface area contributed by atoms with Crippen LogP contribution in [-0.4, -0.2) is 6.04 Å². The molecule has 0 aliphatic heterocycles. The Morgan fingerprint density at radius 3 is 2.58 bits per heavy atom. The van der Waals surface area contributed by atoms with Crippen LogP contribution in [0.4, 0.5) is 4.39 Å². The topological polar surface area (TPSA) is 12.0 Å². The molecule has 19 heavy (non-hydrogen) atoms. The molecule has 1 aliphatic carbocycles. The van der Waals surface area contributed by atoms with E-state index in [9.17, 15) is 4.39 Å². The molecule has 2 rings (SSSR count). The largest absolute Gasteiger partial charge is 0.307 e. The van der Waals surface area contributed by atoms with Gasteiger partial charge in [-0.1, -0.05) is 37.0 Å². The summed E-state index contributed by atoms with van der Waals surface area (Å²) in [6.07, 6.45) is 3.52. The second-order valence-electron chi connectivity index (χ2n) is 6.28. The van der Waals surface area contributed by atoms with Crippen molar-refractivity contribution in [3.63, 3.8) is 0 Å². The van der Waals surface area contributed by atoms with Gasteiger partial charge in [-0.2, -0.15) is 0 Å². The molecule has 106 valence electrons. The van der Waals surface area contributed by atoms with Gasteiger partial charge in [0.2, 0.25) is 0 Å². The number of rotatable bonds is 3. The summed E-state index contributed by atoms with van der Waals surface area (Å²) in [5, 5.41) is 4.13. The molecule has 0 heterocycles. The van der Waals surface area contributed by atoms with Crippen molar-refractivity contribution in [3.05, 3.63) is 33.6 Å². The minimum absolute atomic E-state index is 0.0261. The van der Waals surface area contributed by atoms with E-state index in [-0.39, 0.29) is 11.1 Å². The molecular weight excluding hydrogens is 284 g/mol. The average molecular weight is 304 g/mol. The number of hydrogen-bond acceptors (Lipinski definition) is 1. The van der Waals surface area contributed by atoms with Crippen LogP contribution in [0.25, 0.3) is 0 Å². The number of halogens is 3. The Hall–Kier alpha value is -0.310. The third-order valence-electron chi connectivity index (χ3n) is 3.96. The van der Waals surface area contributed by atoms with E-state index >= 15 is 0 Å². The van der Waals surface area contributed by atoms with Gasteiger partial charge in [-0.3, -0.25) is 0 Å². The maximum atomic E-state index is 13.5. The second-order valence-corrected chi connectivity index (χ2v) is 7.09. The highest BCUT2D eigenvalue weighted by Crippen LogP contribution is 2.38. The summed E-state index contributed by atoms with van der Waals surface area (Å²) in [5.41, 5.74) is 1.17. The SMILES string of the molecule is CC(NC1CCC(C)(C)C1)c1cc(F)c(Cl)cc1Cl. The van der Waals surface area contributed by atoms with Crippen molar-refractivity contribution in [2.24, 2.45) is 5.41 Å². The van der Waals surface area contributed by atoms with Crippen LogP contribution in [0.3, 0.4) is 0 Å². The van der Waals surface area contributed by atoms with Crippen molar-refractivity contribution in [2.45, 2.75) is 52.1 Å². The summed E-state index contributed by atoms with van der Waals surface area (Å²) >= 11 is 11.9. The highest BCUT2D eigenvalue weighted by molar-refractivity contribution is 6.35. The van der Waals surface area contributed by atoms with Crippen LogP contribution in [0.1, 0.15) is 51.6 Å². The summed E-state index contributed by atoms with van der Waals surface area (Å²) in [6, 6.07) is 3.41. The third kappa shape index (κ3) is 3.62. The van der Waals surface area contributed by atoms with Gasteiger partial charge in [0.25, 0.3) is 0 Å². The van der Waals surface area contributed by atoms with E-state index in [1.165, 1.54) is 18.6 Å². The minimum atomic E-state index is -0.415. The van der Waals surface area contributed by atoms with Gasteiger partial charge in [-0.05, 0) is 49.3 Å². The first-order valence-corrected chi connectivity index (χ1v) is 7.44. The zero-order valence-electron chi connectivity index (χ0n) is 11.6. The third-order valence-corrected chi connectivity index (χ3v) is 4.58. The van der Waals surface area contributed by atoms with Gasteiger partial charge in [0, 0.05) is 17.1 Å². The molecule has 1 nitrogen and oxygen atoms in total. The lowest BCUT2D eigenvalue weighted by Gasteiger charge is -2.23. The fourth-order valence-electron chi connectivity index (χ4n) is 2.89. The first-order chi connectivity index (χ1) is 8.78. The normalized spacial score (nSPS) is 23.6. The standard InChI is InChI=1S/C15H20Cl2FN/c1-9(19-10-4-5-15(2,3)8-10)11-6-14(18)13(17)7-12(11)16/h6-7,9-10,19H,4-5,8H2,1-3H3. The van der Waals surface area contributed by atoms with E-state index in [2.05, 4.69) is 19.2 Å². The molecule has 2 atom stereocenters. The first-order valence-electron chi connectivity index (χ1n) is 6.69. The van der Waals surface area contributed by atoms with Crippen LogP contribution in [0, 0.1) is 11.2 Å². The van der Waals surface area contributed by atoms with Crippen molar-refractivity contribution in [3.8, 4) is 0 Å². The number of hydrogen-bond donors (Lipinski definition) is 1. The average Bonchev–Trinajstić information content (AvgIpc) is 2.63. The number of benzene rings is 1. The van der Waals surface area contributed by atoms with Gasteiger partial charge >= 0.3 is 0 Å². The van der Waals surface area contributed by atoms with E-state index in [1.807, 2.05) is 6.92 Å². The van der Waals surface area contributed by atoms with Crippen molar-refractivity contribution >= 4 is 23.2 Å². The Bertz CT molecular complexity index is 473. The van der Waals surface area contributed by atoms with Crippen LogP contribution in [0.2, 0.25) is 10.0 Å². The molecule has 1 aromatic rings. The predicted octanol–water partition coefficient (Wildman–Crippen LogP) is 5.36. The molecule has 1 N–H and O–H groups in total. The molecule has 0 aromatic heterocycles. The lowest BCUT2D eigenvalue weighted by atomic mass is 9.91. The van der Waals surface area contributed by atoms with Gasteiger partial charge in [0.1, 0.15) is 5.82 Å². The zero-order chi connectivity index (χ0) is 14.2. The summed E-state index contributed by atoms with van der Waals surface area (Å²) < 4.78 is 13.5. The summed E-state index contributed by atoms with van der Waals surface area (Å²) in [4.78, 5) is 0. The van der Waals surface area contributed by atoms with E-state index < -0.39 is 5.82 Å². The highest BCUT2D eigenvalue weighted by atomic mass is 35.5. The molecule has 2 unspecified atom stereocenters. The molecule has 1 aliphatic rings. The van der Waals surface area contributed by atoms with E-state index in [0.717, 1.165) is 18.4 Å². The molecule has 1 fully saturated rings. The van der Waals surface area contributed by atoms with Crippen molar-refractivity contribution in [2.75, 3.05) is 0 Å². The maximum absolute atomic E-state index is 13.5. The van der Waals surface area contributed by atoms with Gasteiger partial charge in [0.05, 0.1) is 5.02 Å². The Kier molecular flexibility index (Phi) is 4.44. The maximum Gasteiger partial charge on any atom is 0.142 e. The van der Waals surface area contributed by atoms with Crippen LogP contribution in [0.15, 0.2) is 12.1 Å². The molecule has 0 amide bonds.